The van der Waals surface area contributed by atoms with Crippen LogP contribution in [-0.4, -0.2) is 60.7 Å². The lowest BCUT2D eigenvalue weighted by Crippen LogP contribution is -2.57. The van der Waals surface area contributed by atoms with Crippen LogP contribution < -0.4 is 22.1 Å². The molecule has 4 saturated carbocycles. The SMILES string of the molecule is CC(C)C(O)CC[C@@H](C)[C@H]1CC[C@H]2[C@@H]3C(O)CC4CCCC[C@]4(C)[C@H]3CC[C@]12C.CC(N)CCNCCCCNCCC(C)N. The van der Waals surface area contributed by atoms with Gasteiger partial charge in [-0.05, 0) is 176 Å². The van der Waals surface area contributed by atoms with Gasteiger partial charge in [-0.25, -0.2) is 0 Å². The van der Waals surface area contributed by atoms with E-state index in [4.69, 9.17) is 11.5 Å². The third-order valence-electron chi connectivity index (χ3n) is 13.6. The molecular formula is C39H78N4O2. The molecule has 0 heterocycles. The van der Waals surface area contributed by atoms with Crippen molar-refractivity contribution in [2.24, 2.45) is 63.7 Å². The van der Waals surface area contributed by atoms with Crippen molar-refractivity contribution in [2.45, 2.75) is 169 Å². The normalized spacial score (nSPS) is 37.1. The van der Waals surface area contributed by atoms with Crippen LogP contribution in [0.15, 0.2) is 0 Å². The van der Waals surface area contributed by atoms with Crippen LogP contribution in [0.3, 0.4) is 0 Å². The molecule has 0 radical (unpaired) electrons. The number of fused-ring (bicyclic) bond motifs is 5. The minimum atomic E-state index is -0.151. The molecule has 8 N–H and O–H groups in total. The first-order valence-electron chi connectivity index (χ1n) is 19.6. The highest BCUT2D eigenvalue weighted by molar-refractivity contribution is 5.11. The van der Waals surface area contributed by atoms with Gasteiger partial charge in [-0.3, -0.25) is 0 Å². The van der Waals surface area contributed by atoms with Crippen LogP contribution in [0.4, 0.5) is 0 Å². The Kier molecular flexibility index (Phi) is 16.1. The van der Waals surface area contributed by atoms with Gasteiger partial charge in [-0.2, -0.15) is 0 Å². The second kappa shape index (κ2) is 18.5. The molecule has 4 aliphatic rings. The molecule has 4 rings (SSSR count). The summed E-state index contributed by atoms with van der Waals surface area (Å²) in [4.78, 5) is 0. The van der Waals surface area contributed by atoms with Crippen LogP contribution in [0.25, 0.3) is 0 Å². The van der Waals surface area contributed by atoms with Crippen LogP contribution in [0.2, 0.25) is 0 Å². The van der Waals surface area contributed by atoms with Crippen molar-refractivity contribution in [2.75, 3.05) is 26.2 Å². The van der Waals surface area contributed by atoms with Crippen molar-refractivity contribution < 1.29 is 10.2 Å². The van der Waals surface area contributed by atoms with Crippen molar-refractivity contribution in [3.8, 4) is 0 Å². The molecule has 4 fully saturated rings. The summed E-state index contributed by atoms with van der Waals surface area (Å²) in [5.74, 6) is 4.62. The van der Waals surface area contributed by atoms with Crippen LogP contribution in [0.1, 0.15) is 145 Å². The highest BCUT2D eigenvalue weighted by atomic mass is 16.3. The summed E-state index contributed by atoms with van der Waals surface area (Å²) < 4.78 is 0. The average Bonchev–Trinajstić information content (AvgIpc) is 3.34. The largest absolute Gasteiger partial charge is 0.393 e. The van der Waals surface area contributed by atoms with E-state index >= 15 is 0 Å². The molecule has 0 spiro atoms. The summed E-state index contributed by atoms with van der Waals surface area (Å²) in [6, 6.07) is 0.625. The summed E-state index contributed by atoms with van der Waals surface area (Å²) in [5.41, 5.74) is 12.2. The third-order valence-corrected chi connectivity index (χ3v) is 13.6. The van der Waals surface area contributed by atoms with Crippen LogP contribution in [0, 0.1) is 52.3 Å². The summed E-state index contributed by atoms with van der Waals surface area (Å²) in [5, 5.41) is 28.5. The monoisotopic (exact) mass is 635 g/mol. The van der Waals surface area contributed by atoms with Crippen LogP contribution in [0.5, 0.6) is 0 Å². The van der Waals surface area contributed by atoms with Gasteiger partial charge in [0.25, 0.3) is 0 Å². The van der Waals surface area contributed by atoms with Crippen molar-refractivity contribution in [1.82, 2.24) is 10.6 Å². The standard InChI is InChI=1S/C27H48O2.C12H30N4/c1-17(2)23(28)12-9-18(3)20-10-11-21-25-22(13-15-27(20,21)5)26(4)14-7-6-8-19(26)16-24(25)29;1-11(13)5-9-15-7-3-4-8-16-10-6-12(2)14/h17-25,28-29H,6-16H2,1-5H3;11-12,15-16H,3-10,13-14H2,1-2H3/t18-,19?,20-,21+,22+,23?,24?,25+,26+,27-;/m1./s1. The summed E-state index contributed by atoms with van der Waals surface area (Å²) in [6.07, 6.45) is 18.5. The van der Waals surface area contributed by atoms with E-state index in [1.807, 2.05) is 13.8 Å². The lowest BCUT2D eigenvalue weighted by atomic mass is 9.44. The number of nitrogens with two attached hydrogens (primary N) is 2. The quantitative estimate of drug-likeness (QED) is 0.103. The Morgan fingerprint density at radius 1 is 0.711 bits per heavy atom. The molecule has 12 atom stereocenters. The fourth-order valence-corrected chi connectivity index (χ4v) is 10.6. The third kappa shape index (κ3) is 10.6. The zero-order valence-electron chi connectivity index (χ0n) is 30.8. The maximum Gasteiger partial charge on any atom is 0.0577 e. The molecule has 0 bridgehead atoms. The molecule has 0 aliphatic heterocycles. The molecule has 0 aromatic heterocycles. The molecule has 0 amide bonds. The summed E-state index contributed by atoms with van der Waals surface area (Å²) >= 11 is 0. The predicted molar refractivity (Wildman–Crippen MR) is 192 cm³/mol. The van der Waals surface area contributed by atoms with Gasteiger partial charge in [-0.1, -0.05) is 47.5 Å². The molecule has 0 aromatic carbocycles. The highest BCUT2D eigenvalue weighted by Gasteiger charge is 2.62. The Hall–Kier alpha value is -0.240. The zero-order chi connectivity index (χ0) is 33.2. The minimum absolute atomic E-state index is 0.0578. The highest BCUT2D eigenvalue weighted by Crippen LogP contribution is 2.68. The molecule has 0 saturated heterocycles. The number of aliphatic hydroxyl groups excluding tert-OH is 2. The number of nitrogens with one attached hydrogen (secondary N) is 2. The summed E-state index contributed by atoms with van der Waals surface area (Å²) in [7, 11) is 0. The first-order valence-corrected chi connectivity index (χ1v) is 19.6. The number of unbranched alkanes of at least 4 members (excludes halogenated alkanes) is 1. The first-order chi connectivity index (χ1) is 21.3. The molecular weight excluding hydrogens is 556 g/mol. The Balaban J connectivity index is 0.000000296. The predicted octanol–water partition coefficient (Wildman–Crippen LogP) is 6.86. The fourth-order valence-electron chi connectivity index (χ4n) is 10.6. The lowest BCUT2D eigenvalue weighted by molar-refractivity contribution is -0.164. The van der Waals surface area contributed by atoms with Crippen molar-refractivity contribution in [1.29, 1.82) is 0 Å². The van der Waals surface area contributed by atoms with Crippen LogP contribution in [-0.2, 0) is 0 Å². The number of hydrogen-bond acceptors (Lipinski definition) is 6. The van der Waals surface area contributed by atoms with Gasteiger partial charge in [0, 0.05) is 12.1 Å². The average molecular weight is 635 g/mol. The molecule has 0 aromatic rings. The van der Waals surface area contributed by atoms with E-state index in [2.05, 4.69) is 45.3 Å². The number of hydrogen-bond donors (Lipinski definition) is 6. The van der Waals surface area contributed by atoms with E-state index in [9.17, 15) is 10.2 Å². The van der Waals surface area contributed by atoms with Gasteiger partial charge in [0.15, 0.2) is 0 Å². The topological polar surface area (TPSA) is 117 Å². The Morgan fingerprint density at radius 2 is 1.31 bits per heavy atom. The van der Waals surface area contributed by atoms with Crippen molar-refractivity contribution in [3.63, 3.8) is 0 Å². The molecule has 266 valence electrons. The van der Waals surface area contributed by atoms with E-state index < -0.39 is 0 Å². The van der Waals surface area contributed by atoms with Gasteiger partial charge in [0.1, 0.15) is 0 Å². The second-order valence-corrected chi connectivity index (χ2v) is 17.4. The molecule has 45 heavy (non-hydrogen) atoms. The van der Waals surface area contributed by atoms with Gasteiger partial charge >= 0.3 is 0 Å². The van der Waals surface area contributed by atoms with E-state index in [0.29, 0.717) is 40.7 Å². The van der Waals surface area contributed by atoms with Crippen LogP contribution >= 0.6 is 0 Å². The Bertz CT molecular complexity index is 807. The van der Waals surface area contributed by atoms with E-state index in [-0.39, 0.29) is 12.2 Å². The smallest absolute Gasteiger partial charge is 0.0577 e. The first kappa shape index (κ1) is 39.2. The van der Waals surface area contributed by atoms with Gasteiger partial charge in [0.05, 0.1) is 12.2 Å². The Labute approximate surface area is 279 Å². The van der Waals surface area contributed by atoms with E-state index in [1.54, 1.807) is 0 Å². The van der Waals surface area contributed by atoms with Gasteiger partial charge < -0.3 is 32.3 Å². The molecule has 6 heteroatoms. The number of rotatable bonds is 16. The Morgan fingerprint density at radius 3 is 1.89 bits per heavy atom. The zero-order valence-corrected chi connectivity index (χ0v) is 30.8. The van der Waals surface area contributed by atoms with Crippen molar-refractivity contribution in [3.05, 3.63) is 0 Å². The van der Waals surface area contributed by atoms with Gasteiger partial charge in [-0.15, -0.1) is 0 Å². The number of aliphatic hydroxyl groups is 2. The molecule has 6 nitrogen and oxygen atoms in total. The maximum atomic E-state index is 11.3. The van der Waals surface area contributed by atoms with Gasteiger partial charge in [0.2, 0.25) is 0 Å². The fraction of sp³-hybridized carbons (Fsp3) is 1.00. The molecule has 4 aliphatic carbocycles. The van der Waals surface area contributed by atoms with Crippen molar-refractivity contribution >= 4 is 0 Å². The van der Waals surface area contributed by atoms with E-state index in [1.165, 1.54) is 64.2 Å². The minimum Gasteiger partial charge on any atom is -0.393 e. The second-order valence-electron chi connectivity index (χ2n) is 17.4. The maximum absolute atomic E-state index is 11.3. The van der Waals surface area contributed by atoms with E-state index in [0.717, 1.165) is 82.0 Å². The molecule has 5 unspecified atom stereocenters. The lowest BCUT2D eigenvalue weighted by Gasteiger charge is -2.62. The summed E-state index contributed by atoms with van der Waals surface area (Å²) in [6.45, 7) is 20.3.